The number of carbonyl (C=O) groups is 3. The number of benzene rings is 2. The Hall–Kier alpha value is -2.70. The third-order valence-electron chi connectivity index (χ3n) is 4.91. The average molecular weight is 386 g/mol. The highest BCUT2D eigenvalue weighted by atomic mass is 35.5. The van der Waals surface area contributed by atoms with Crippen molar-refractivity contribution in [1.82, 2.24) is 9.80 Å². The topological polar surface area (TPSA) is 83.7 Å². The van der Waals surface area contributed by atoms with E-state index in [0.29, 0.717) is 29.8 Å². The van der Waals surface area contributed by atoms with Crippen molar-refractivity contribution in [3.8, 4) is 0 Å². The Morgan fingerprint density at radius 1 is 1.04 bits per heavy atom. The molecule has 2 aromatic carbocycles. The second-order valence-electron chi connectivity index (χ2n) is 6.74. The van der Waals surface area contributed by atoms with E-state index < -0.39 is 0 Å². The van der Waals surface area contributed by atoms with Crippen LogP contribution in [0, 0.1) is 0 Å². The summed E-state index contributed by atoms with van der Waals surface area (Å²) in [7, 11) is 0. The zero-order valence-electron chi connectivity index (χ0n) is 14.6. The van der Waals surface area contributed by atoms with Crippen LogP contribution in [0.2, 0.25) is 0 Å². The standard InChI is InChI=1S/C20H19N3O3.ClH/c21-15-8-9-22(12-15)18(24)14-6-7-16-17(10-14)20(26)23(19(16)25)11-13-4-2-1-3-5-13;/h1-7,10,15H,8-9,11-12,21H2;1H. The molecule has 1 fully saturated rings. The zero-order valence-corrected chi connectivity index (χ0v) is 15.4. The first-order chi connectivity index (χ1) is 12.5. The lowest BCUT2D eigenvalue weighted by Crippen LogP contribution is -2.32. The molecule has 1 saturated heterocycles. The van der Waals surface area contributed by atoms with E-state index in [4.69, 9.17) is 5.73 Å². The predicted octanol–water partition coefficient (Wildman–Crippen LogP) is 2.08. The van der Waals surface area contributed by atoms with Crippen molar-refractivity contribution >= 4 is 30.1 Å². The summed E-state index contributed by atoms with van der Waals surface area (Å²) in [5.41, 5.74) is 7.80. The third kappa shape index (κ3) is 3.46. The van der Waals surface area contributed by atoms with Gasteiger partial charge >= 0.3 is 0 Å². The van der Waals surface area contributed by atoms with Crippen LogP contribution in [-0.4, -0.2) is 46.7 Å². The second kappa shape index (κ2) is 7.50. The van der Waals surface area contributed by atoms with Crippen LogP contribution in [0.5, 0.6) is 0 Å². The van der Waals surface area contributed by atoms with Gasteiger partial charge in [-0.1, -0.05) is 30.3 Å². The van der Waals surface area contributed by atoms with Gasteiger partial charge in [0.1, 0.15) is 0 Å². The van der Waals surface area contributed by atoms with Gasteiger partial charge in [0.25, 0.3) is 17.7 Å². The molecule has 3 amide bonds. The lowest BCUT2D eigenvalue weighted by molar-refractivity contribution is 0.0642. The summed E-state index contributed by atoms with van der Waals surface area (Å²) in [5, 5.41) is 0. The van der Waals surface area contributed by atoms with Crippen molar-refractivity contribution < 1.29 is 14.4 Å². The lowest BCUT2D eigenvalue weighted by atomic mass is 10.0. The molecule has 2 aliphatic rings. The first-order valence-corrected chi connectivity index (χ1v) is 8.63. The van der Waals surface area contributed by atoms with E-state index >= 15 is 0 Å². The van der Waals surface area contributed by atoms with E-state index in [9.17, 15) is 14.4 Å². The van der Waals surface area contributed by atoms with Crippen molar-refractivity contribution in [3.63, 3.8) is 0 Å². The lowest BCUT2D eigenvalue weighted by Gasteiger charge is -2.16. The molecule has 2 heterocycles. The molecule has 0 aliphatic carbocycles. The van der Waals surface area contributed by atoms with Crippen LogP contribution in [0.3, 0.4) is 0 Å². The largest absolute Gasteiger partial charge is 0.337 e. The highest BCUT2D eigenvalue weighted by Crippen LogP contribution is 2.26. The van der Waals surface area contributed by atoms with Crippen molar-refractivity contribution in [2.24, 2.45) is 5.73 Å². The molecular formula is C20H20ClN3O3. The number of nitrogens with two attached hydrogens (primary N) is 1. The molecule has 6 nitrogen and oxygen atoms in total. The number of imide groups is 1. The quantitative estimate of drug-likeness (QED) is 0.820. The number of carbonyl (C=O) groups excluding carboxylic acids is 3. The molecule has 2 aromatic rings. The Balaban J connectivity index is 0.00000210. The number of amides is 3. The Bertz CT molecular complexity index is 901. The Morgan fingerprint density at radius 2 is 1.74 bits per heavy atom. The molecule has 4 rings (SSSR count). The summed E-state index contributed by atoms with van der Waals surface area (Å²) in [6.45, 7) is 1.35. The molecule has 1 atom stereocenters. The number of halogens is 1. The predicted molar refractivity (Wildman–Crippen MR) is 103 cm³/mol. The maximum atomic E-state index is 12.7. The minimum Gasteiger partial charge on any atom is -0.337 e. The van der Waals surface area contributed by atoms with Crippen LogP contribution in [0.25, 0.3) is 0 Å². The summed E-state index contributed by atoms with van der Waals surface area (Å²) in [6, 6.07) is 14.1. The normalized spacial score (nSPS) is 18.5. The van der Waals surface area contributed by atoms with Gasteiger partial charge in [-0.05, 0) is 30.2 Å². The number of hydrogen-bond donors (Lipinski definition) is 1. The Kier molecular flexibility index (Phi) is 5.30. The fraction of sp³-hybridized carbons (Fsp3) is 0.250. The monoisotopic (exact) mass is 385 g/mol. The zero-order chi connectivity index (χ0) is 18.3. The Morgan fingerprint density at radius 3 is 2.41 bits per heavy atom. The molecule has 7 heteroatoms. The van der Waals surface area contributed by atoms with Gasteiger partial charge in [0.15, 0.2) is 0 Å². The van der Waals surface area contributed by atoms with Gasteiger partial charge in [-0.3, -0.25) is 19.3 Å². The Labute approximate surface area is 163 Å². The number of likely N-dealkylation sites (tertiary alicyclic amines) is 1. The van der Waals surface area contributed by atoms with Gasteiger partial charge in [0.05, 0.1) is 17.7 Å². The van der Waals surface area contributed by atoms with Gasteiger partial charge in [-0.15, -0.1) is 12.4 Å². The summed E-state index contributed by atoms with van der Waals surface area (Å²) in [5.74, 6) is -0.833. The average Bonchev–Trinajstić information content (AvgIpc) is 3.19. The molecule has 2 N–H and O–H groups in total. The van der Waals surface area contributed by atoms with Crippen LogP contribution < -0.4 is 5.73 Å². The van der Waals surface area contributed by atoms with Gasteiger partial charge in [-0.2, -0.15) is 0 Å². The molecule has 0 spiro atoms. The van der Waals surface area contributed by atoms with E-state index in [0.717, 1.165) is 12.0 Å². The summed E-state index contributed by atoms with van der Waals surface area (Å²) in [4.78, 5) is 40.8. The minimum atomic E-state index is -0.360. The third-order valence-corrected chi connectivity index (χ3v) is 4.91. The van der Waals surface area contributed by atoms with Crippen molar-refractivity contribution in [2.75, 3.05) is 13.1 Å². The van der Waals surface area contributed by atoms with Gasteiger partial charge < -0.3 is 10.6 Å². The van der Waals surface area contributed by atoms with E-state index in [-0.39, 0.29) is 42.7 Å². The molecule has 0 aromatic heterocycles. The molecule has 2 aliphatic heterocycles. The van der Waals surface area contributed by atoms with E-state index in [2.05, 4.69) is 0 Å². The summed E-state index contributed by atoms with van der Waals surface area (Å²) >= 11 is 0. The summed E-state index contributed by atoms with van der Waals surface area (Å²) in [6.07, 6.45) is 0.777. The smallest absolute Gasteiger partial charge is 0.261 e. The van der Waals surface area contributed by atoms with Crippen LogP contribution >= 0.6 is 12.4 Å². The van der Waals surface area contributed by atoms with E-state index in [1.807, 2.05) is 30.3 Å². The molecule has 1 unspecified atom stereocenters. The van der Waals surface area contributed by atoms with Gasteiger partial charge in [0, 0.05) is 24.7 Å². The van der Waals surface area contributed by atoms with Crippen molar-refractivity contribution in [3.05, 3.63) is 70.8 Å². The van der Waals surface area contributed by atoms with Gasteiger partial charge in [0.2, 0.25) is 0 Å². The van der Waals surface area contributed by atoms with Crippen molar-refractivity contribution in [2.45, 2.75) is 19.0 Å². The van der Waals surface area contributed by atoms with Crippen LogP contribution in [0.15, 0.2) is 48.5 Å². The number of rotatable bonds is 3. The molecule has 0 bridgehead atoms. The van der Waals surface area contributed by atoms with Crippen LogP contribution in [-0.2, 0) is 6.54 Å². The molecule has 140 valence electrons. The first-order valence-electron chi connectivity index (χ1n) is 8.63. The maximum Gasteiger partial charge on any atom is 0.261 e. The number of nitrogens with zero attached hydrogens (tertiary/aromatic N) is 2. The van der Waals surface area contributed by atoms with Gasteiger partial charge in [-0.25, -0.2) is 0 Å². The minimum absolute atomic E-state index is 0. The van der Waals surface area contributed by atoms with Crippen LogP contribution in [0.4, 0.5) is 0 Å². The number of hydrogen-bond acceptors (Lipinski definition) is 4. The maximum absolute atomic E-state index is 12.7. The molecule has 0 saturated carbocycles. The fourth-order valence-corrected chi connectivity index (χ4v) is 3.49. The molecule has 27 heavy (non-hydrogen) atoms. The van der Waals surface area contributed by atoms with E-state index in [1.165, 1.54) is 11.0 Å². The fourth-order valence-electron chi connectivity index (χ4n) is 3.49. The highest BCUT2D eigenvalue weighted by molar-refractivity contribution is 6.22. The first kappa shape index (κ1) is 19.1. The second-order valence-corrected chi connectivity index (χ2v) is 6.74. The molecule has 0 radical (unpaired) electrons. The summed E-state index contributed by atoms with van der Waals surface area (Å²) < 4.78 is 0. The van der Waals surface area contributed by atoms with Crippen molar-refractivity contribution in [1.29, 1.82) is 0 Å². The highest BCUT2D eigenvalue weighted by Gasteiger charge is 2.36. The SMILES string of the molecule is Cl.NC1CCN(C(=O)c2ccc3c(c2)C(=O)N(Cc2ccccc2)C3=O)C1. The number of fused-ring (bicyclic) bond motifs is 1. The van der Waals surface area contributed by atoms with Crippen LogP contribution in [0.1, 0.15) is 43.1 Å². The molecular weight excluding hydrogens is 366 g/mol. The van der Waals surface area contributed by atoms with E-state index in [1.54, 1.807) is 17.0 Å².